The van der Waals surface area contributed by atoms with Crippen LogP contribution < -0.4 is 5.32 Å². The fourth-order valence-electron chi connectivity index (χ4n) is 1.65. The van der Waals surface area contributed by atoms with Crippen molar-refractivity contribution in [2.24, 2.45) is 7.05 Å². The van der Waals surface area contributed by atoms with Gasteiger partial charge in [-0.05, 0) is 19.4 Å². The highest BCUT2D eigenvalue weighted by atomic mass is 35.5. The maximum atomic E-state index is 6.00. The van der Waals surface area contributed by atoms with Crippen LogP contribution in [0, 0.1) is 0 Å². The molecule has 4 heteroatoms. The van der Waals surface area contributed by atoms with Crippen LogP contribution in [0.1, 0.15) is 38.8 Å². The molecule has 1 aromatic heterocycles. The van der Waals surface area contributed by atoms with Crippen LogP contribution in [0.15, 0.2) is 6.07 Å². The maximum absolute atomic E-state index is 6.00. The van der Waals surface area contributed by atoms with Crippen LogP contribution in [-0.2, 0) is 13.6 Å². The van der Waals surface area contributed by atoms with Gasteiger partial charge in [0.2, 0.25) is 0 Å². The number of nitrogens with zero attached hydrogens (tertiary/aromatic N) is 1. The van der Waals surface area contributed by atoms with E-state index in [4.69, 9.17) is 23.2 Å². The van der Waals surface area contributed by atoms with E-state index >= 15 is 0 Å². The SMILES string of the molecule is CCCCC(C)NCc1cc(Cl)c(Cl)n1C. The zero-order valence-electron chi connectivity index (χ0n) is 10.2. The van der Waals surface area contributed by atoms with Crippen molar-refractivity contribution in [1.82, 2.24) is 9.88 Å². The molecule has 16 heavy (non-hydrogen) atoms. The van der Waals surface area contributed by atoms with E-state index in [0.29, 0.717) is 16.2 Å². The molecule has 0 aliphatic rings. The van der Waals surface area contributed by atoms with Crippen LogP contribution in [0.2, 0.25) is 10.2 Å². The zero-order chi connectivity index (χ0) is 12.1. The van der Waals surface area contributed by atoms with E-state index in [2.05, 4.69) is 19.2 Å². The number of unbranched alkanes of at least 4 members (excludes halogenated alkanes) is 1. The molecule has 1 rings (SSSR count). The summed E-state index contributed by atoms with van der Waals surface area (Å²) in [6.07, 6.45) is 3.72. The zero-order valence-corrected chi connectivity index (χ0v) is 11.7. The monoisotopic (exact) mass is 262 g/mol. The minimum absolute atomic E-state index is 0.535. The molecule has 1 atom stereocenters. The molecular formula is C12H20Cl2N2. The van der Waals surface area contributed by atoms with Gasteiger partial charge in [0.05, 0.1) is 5.02 Å². The summed E-state index contributed by atoms with van der Waals surface area (Å²) in [7, 11) is 1.93. The minimum Gasteiger partial charge on any atom is -0.336 e. The fourth-order valence-corrected chi connectivity index (χ4v) is 2.07. The number of hydrogen-bond donors (Lipinski definition) is 1. The van der Waals surface area contributed by atoms with Crippen LogP contribution in [0.25, 0.3) is 0 Å². The Morgan fingerprint density at radius 1 is 1.44 bits per heavy atom. The second-order valence-electron chi connectivity index (χ2n) is 4.26. The van der Waals surface area contributed by atoms with Gasteiger partial charge in [0, 0.05) is 25.3 Å². The molecule has 1 heterocycles. The Morgan fingerprint density at radius 3 is 2.62 bits per heavy atom. The lowest BCUT2D eigenvalue weighted by Gasteiger charge is -2.13. The highest BCUT2D eigenvalue weighted by molar-refractivity contribution is 6.41. The second-order valence-corrected chi connectivity index (χ2v) is 5.02. The highest BCUT2D eigenvalue weighted by Gasteiger charge is 2.09. The van der Waals surface area contributed by atoms with E-state index in [9.17, 15) is 0 Å². The molecule has 0 aliphatic carbocycles. The Labute approximate surface area is 108 Å². The van der Waals surface area contributed by atoms with Crippen molar-refractivity contribution < 1.29 is 0 Å². The summed E-state index contributed by atoms with van der Waals surface area (Å²) in [4.78, 5) is 0. The first-order chi connectivity index (χ1) is 7.56. The summed E-state index contributed by atoms with van der Waals surface area (Å²) in [6, 6.07) is 2.45. The first-order valence-corrected chi connectivity index (χ1v) is 6.54. The van der Waals surface area contributed by atoms with Gasteiger partial charge in [0.15, 0.2) is 0 Å². The third-order valence-electron chi connectivity index (χ3n) is 2.84. The average molecular weight is 263 g/mol. The molecule has 2 nitrogen and oxygen atoms in total. The number of halogens is 2. The molecule has 0 radical (unpaired) electrons. The molecule has 1 aromatic rings. The summed E-state index contributed by atoms with van der Waals surface area (Å²) in [5.74, 6) is 0. The maximum Gasteiger partial charge on any atom is 0.127 e. The predicted octanol–water partition coefficient (Wildman–Crippen LogP) is 4.00. The summed E-state index contributed by atoms with van der Waals surface area (Å²) in [5.41, 5.74) is 1.12. The molecule has 0 saturated carbocycles. The number of hydrogen-bond acceptors (Lipinski definition) is 1. The standard InChI is InChI=1S/C12H20Cl2N2/c1-4-5-6-9(2)15-8-10-7-11(13)12(14)16(10)3/h7,9,15H,4-6,8H2,1-3H3. The third kappa shape index (κ3) is 3.69. The Hall–Kier alpha value is -0.180. The molecule has 0 aliphatic heterocycles. The van der Waals surface area contributed by atoms with Gasteiger partial charge in [0.25, 0.3) is 0 Å². The topological polar surface area (TPSA) is 17.0 Å². The first kappa shape index (κ1) is 13.9. The largest absolute Gasteiger partial charge is 0.336 e. The van der Waals surface area contributed by atoms with Crippen molar-refractivity contribution in [1.29, 1.82) is 0 Å². The Morgan fingerprint density at radius 2 is 2.12 bits per heavy atom. The van der Waals surface area contributed by atoms with Crippen molar-refractivity contribution in [3.8, 4) is 0 Å². The van der Waals surface area contributed by atoms with Crippen LogP contribution in [-0.4, -0.2) is 10.6 Å². The van der Waals surface area contributed by atoms with Crippen LogP contribution >= 0.6 is 23.2 Å². The molecule has 1 N–H and O–H groups in total. The van der Waals surface area contributed by atoms with Gasteiger partial charge in [-0.15, -0.1) is 0 Å². The van der Waals surface area contributed by atoms with E-state index in [1.807, 2.05) is 17.7 Å². The van der Waals surface area contributed by atoms with E-state index in [1.54, 1.807) is 0 Å². The van der Waals surface area contributed by atoms with Crippen LogP contribution in [0.5, 0.6) is 0 Å². The smallest absolute Gasteiger partial charge is 0.127 e. The quantitative estimate of drug-likeness (QED) is 0.820. The lowest BCUT2D eigenvalue weighted by atomic mass is 10.1. The molecule has 0 spiro atoms. The van der Waals surface area contributed by atoms with Gasteiger partial charge in [-0.1, -0.05) is 43.0 Å². The van der Waals surface area contributed by atoms with Crippen molar-refractivity contribution in [3.05, 3.63) is 21.9 Å². The van der Waals surface area contributed by atoms with Gasteiger partial charge in [-0.2, -0.15) is 0 Å². The molecule has 0 bridgehead atoms. The van der Waals surface area contributed by atoms with E-state index < -0.39 is 0 Å². The molecule has 1 unspecified atom stereocenters. The lowest BCUT2D eigenvalue weighted by Crippen LogP contribution is -2.26. The van der Waals surface area contributed by atoms with E-state index in [1.165, 1.54) is 19.3 Å². The molecule has 0 aromatic carbocycles. The number of rotatable bonds is 6. The Kier molecular flexibility index (Phi) is 5.67. The normalized spacial score (nSPS) is 13.1. The van der Waals surface area contributed by atoms with E-state index in [0.717, 1.165) is 12.2 Å². The molecular weight excluding hydrogens is 243 g/mol. The van der Waals surface area contributed by atoms with Gasteiger partial charge < -0.3 is 9.88 Å². The average Bonchev–Trinajstić information content (AvgIpc) is 2.51. The summed E-state index contributed by atoms with van der Waals surface area (Å²) < 4.78 is 1.92. The highest BCUT2D eigenvalue weighted by Crippen LogP contribution is 2.25. The van der Waals surface area contributed by atoms with Gasteiger partial charge in [0.1, 0.15) is 5.15 Å². The number of aromatic nitrogens is 1. The first-order valence-electron chi connectivity index (χ1n) is 5.79. The van der Waals surface area contributed by atoms with Crippen molar-refractivity contribution >= 4 is 23.2 Å². The third-order valence-corrected chi connectivity index (χ3v) is 3.68. The number of nitrogens with one attached hydrogen (secondary N) is 1. The molecule has 0 amide bonds. The summed E-state index contributed by atoms with van der Waals surface area (Å²) in [5, 5.41) is 4.71. The Balaban J connectivity index is 2.45. The lowest BCUT2D eigenvalue weighted by molar-refractivity contribution is 0.487. The molecule has 0 saturated heterocycles. The van der Waals surface area contributed by atoms with Crippen LogP contribution in [0.4, 0.5) is 0 Å². The second kappa shape index (κ2) is 6.53. The molecule has 92 valence electrons. The predicted molar refractivity (Wildman–Crippen MR) is 71.3 cm³/mol. The van der Waals surface area contributed by atoms with Crippen molar-refractivity contribution in [2.45, 2.75) is 45.7 Å². The summed E-state index contributed by atoms with van der Waals surface area (Å²) >= 11 is 12.0. The van der Waals surface area contributed by atoms with Gasteiger partial charge in [-0.25, -0.2) is 0 Å². The summed E-state index contributed by atoms with van der Waals surface area (Å²) in [6.45, 7) is 5.24. The van der Waals surface area contributed by atoms with Crippen LogP contribution in [0.3, 0.4) is 0 Å². The molecule has 0 fully saturated rings. The Bertz CT molecular complexity index is 334. The van der Waals surface area contributed by atoms with Crippen molar-refractivity contribution in [2.75, 3.05) is 0 Å². The fraction of sp³-hybridized carbons (Fsp3) is 0.667. The minimum atomic E-state index is 0.535. The van der Waals surface area contributed by atoms with Gasteiger partial charge in [-0.3, -0.25) is 0 Å². The van der Waals surface area contributed by atoms with Crippen molar-refractivity contribution in [3.63, 3.8) is 0 Å². The van der Waals surface area contributed by atoms with E-state index in [-0.39, 0.29) is 0 Å². The van der Waals surface area contributed by atoms with Gasteiger partial charge >= 0.3 is 0 Å².